The van der Waals surface area contributed by atoms with E-state index in [1.165, 1.54) is 4.90 Å². The SMILES string of the molecule is O=C1C(=O)N(c2ccccn2)[C@@H](c2cccc(Oc3ccccc3)c2)C1=C(O)c1ccccc1. The Morgan fingerprint density at radius 3 is 2.18 bits per heavy atom. The molecule has 0 aliphatic carbocycles. The lowest BCUT2D eigenvalue weighted by Crippen LogP contribution is -2.30. The number of anilines is 1. The van der Waals surface area contributed by atoms with E-state index >= 15 is 0 Å². The van der Waals surface area contributed by atoms with Crippen molar-refractivity contribution in [1.82, 2.24) is 4.98 Å². The van der Waals surface area contributed by atoms with Gasteiger partial charge in [-0.1, -0.05) is 66.7 Å². The van der Waals surface area contributed by atoms with Gasteiger partial charge in [0.1, 0.15) is 23.1 Å². The van der Waals surface area contributed by atoms with Crippen LogP contribution in [0.1, 0.15) is 17.2 Å². The molecular formula is C28H20N2O4. The highest BCUT2D eigenvalue weighted by molar-refractivity contribution is 6.51. The van der Waals surface area contributed by atoms with Crippen LogP contribution in [0.25, 0.3) is 5.76 Å². The molecule has 0 spiro atoms. The Labute approximate surface area is 196 Å². The monoisotopic (exact) mass is 448 g/mol. The maximum Gasteiger partial charge on any atom is 0.301 e. The number of aliphatic hydroxyl groups is 1. The molecule has 0 unspecified atom stereocenters. The van der Waals surface area contributed by atoms with Crippen LogP contribution >= 0.6 is 0 Å². The van der Waals surface area contributed by atoms with E-state index in [0.29, 0.717) is 28.4 Å². The van der Waals surface area contributed by atoms with Crippen LogP contribution < -0.4 is 9.64 Å². The lowest BCUT2D eigenvalue weighted by Gasteiger charge is -2.24. The van der Waals surface area contributed by atoms with Crippen molar-refractivity contribution in [3.63, 3.8) is 0 Å². The van der Waals surface area contributed by atoms with Crippen molar-refractivity contribution in [3.05, 3.63) is 126 Å². The molecule has 1 aromatic heterocycles. The fourth-order valence-corrected chi connectivity index (χ4v) is 4.00. The quantitative estimate of drug-likeness (QED) is 0.248. The van der Waals surface area contributed by atoms with Gasteiger partial charge in [0.2, 0.25) is 0 Å². The van der Waals surface area contributed by atoms with Gasteiger partial charge >= 0.3 is 5.91 Å². The summed E-state index contributed by atoms with van der Waals surface area (Å²) in [6, 6.07) is 29.4. The first kappa shape index (κ1) is 21.2. The number of hydrogen-bond donors (Lipinski definition) is 1. The minimum Gasteiger partial charge on any atom is -0.507 e. The Hall–Kier alpha value is -4.71. The molecule has 1 amide bonds. The molecule has 166 valence electrons. The number of hydrogen-bond acceptors (Lipinski definition) is 5. The molecule has 5 rings (SSSR count). The number of nitrogens with zero attached hydrogens (tertiary/aromatic N) is 2. The van der Waals surface area contributed by atoms with Crippen molar-refractivity contribution in [2.75, 3.05) is 4.90 Å². The second-order valence-corrected chi connectivity index (χ2v) is 7.71. The summed E-state index contributed by atoms with van der Waals surface area (Å²) < 4.78 is 5.97. The Kier molecular flexibility index (Phi) is 5.62. The summed E-state index contributed by atoms with van der Waals surface area (Å²) in [5.74, 6) is -0.257. The predicted molar refractivity (Wildman–Crippen MR) is 128 cm³/mol. The standard InChI is InChI=1S/C28H20N2O4/c31-26(19-10-3-1-4-11-19)24-25(30(28(33)27(24)32)23-16-7-8-17-29-23)20-12-9-15-22(18-20)34-21-13-5-2-6-14-21/h1-18,25,31H/t25-/m0/s1. The molecule has 1 aliphatic rings. The molecule has 0 saturated carbocycles. The second-order valence-electron chi connectivity index (χ2n) is 7.71. The zero-order chi connectivity index (χ0) is 23.5. The predicted octanol–water partition coefficient (Wildman–Crippen LogP) is 5.50. The van der Waals surface area contributed by atoms with Crippen molar-refractivity contribution in [2.24, 2.45) is 0 Å². The van der Waals surface area contributed by atoms with Crippen molar-refractivity contribution in [2.45, 2.75) is 6.04 Å². The second kappa shape index (κ2) is 9.03. The number of rotatable bonds is 5. The summed E-state index contributed by atoms with van der Waals surface area (Å²) >= 11 is 0. The van der Waals surface area contributed by atoms with Crippen LogP contribution in [0, 0.1) is 0 Å². The normalized spacial score (nSPS) is 17.1. The van der Waals surface area contributed by atoms with Crippen LogP contribution in [0.4, 0.5) is 5.82 Å². The minimum absolute atomic E-state index is 0.00119. The number of ether oxygens (including phenoxy) is 1. The largest absolute Gasteiger partial charge is 0.507 e. The number of para-hydroxylation sites is 1. The van der Waals surface area contributed by atoms with Gasteiger partial charge in [0.05, 0.1) is 11.6 Å². The third kappa shape index (κ3) is 3.93. The van der Waals surface area contributed by atoms with Crippen molar-refractivity contribution >= 4 is 23.3 Å². The summed E-state index contributed by atoms with van der Waals surface area (Å²) in [6.07, 6.45) is 1.55. The van der Waals surface area contributed by atoms with Crippen LogP contribution in [0.2, 0.25) is 0 Å². The van der Waals surface area contributed by atoms with Crippen LogP contribution in [-0.2, 0) is 9.59 Å². The van der Waals surface area contributed by atoms with Gasteiger partial charge in [0.15, 0.2) is 0 Å². The van der Waals surface area contributed by atoms with Crippen molar-refractivity contribution < 1.29 is 19.4 Å². The van der Waals surface area contributed by atoms with E-state index in [1.54, 1.807) is 72.9 Å². The molecule has 6 nitrogen and oxygen atoms in total. The maximum atomic E-state index is 13.2. The Balaban J connectivity index is 1.66. The van der Waals surface area contributed by atoms with E-state index in [1.807, 2.05) is 36.4 Å². The molecule has 6 heteroatoms. The number of benzene rings is 3. The fourth-order valence-electron chi connectivity index (χ4n) is 4.00. The van der Waals surface area contributed by atoms with Crippen LogP contribution in [0.3, 0.4) is 0 Å². The van der Waals surface area contributed by atoms with Crippen LogP contribution in [0.15, 0.2) is 115 Å². The zero-order valence-corrected chi connectivity index (χ0v) is 18.0. The van der Waals surface area contributed by atoms with E-state index in [0.717, 1.165) is 0 Å². The number of pyridine rings is 1. The van der Waals surface area contributed by atoms with Gasteiger partial charge in [-0.3, -0.25) is 14.5 Å². The van der Waals surface area contributed by atoms with Gasteiger partial charge in [-0.15, -0.1) is 0 Å². The molecule has 1 fully saturated rings. The third-order valence-corrected chi connectivity index (χ3v) is 5.54. The number of carbonyl (C=O) groups excluding carboxylic acids is 2. The number of amides is 1. The molecule has 1 aliphatic heterocycles. The van der Waals surface area contributed by atoms with Crippen LogP contribution in [-0.4, -0.2) is 21.8 Å². The molecule has 34 heavy (non-hydrogen) atoms. The van der Waals surface area contributed by atoms with E-state index in [9.17, 15) is 14.7 Å². The smallest absolute Gasteiger partial charge is 0.301 e. The molecular weight excluding hydrogens is 428 g/mol. The molecule has 3 aromatic carbocycles. The van der Waals surface area contributed by atoms with Gasteiger partial charge in [-0.25, -0.2) is 4.98 Å². The average molecular weight is 448 g/mol. The summed E-state index contributed by atoms with van der Waals surface area (Å²) in [5.41, 5.74) is 1.05. The molecule has 1 saturated heterocycles. The Morgan fingerprint density at radius 1 is 0.794 bits per heavy atom. The van der Waals surface area contributed by atoms with Crippen molar-refractivity contribution in [1.29, 1.82) is 0 Å². The first-order valence-corrected chi connectivity index (χ1v) is 10.7. The molecule has 4 aromatic rings. The van der Waals surface area contributed by atoms with E-state index in [4.69, 9.17) is 4.74 Å². The van der Waals surface area contributed by atoms with Crippen LogP contribution in [0.5, 0.6) is 11.5 Å². The van der Waals surface area contributed by atoms with Gasteiger partial charge < -0.3 is 9.84 Å². The first-order valence-electron chi connectivity index (χ1n) is 10.7. The highest BCUT2D eigenvalue weighted by Crippen LogP contribution is 2.42. The topological polar surface area (TPSA) is 79.7 Å². The van der Waals surface area contributed by atoms with E-state index in [-0.39, 0.29) is 11.3 Å². The maximum absolute atomic E-state index is 13.2. The number of ketones is 1. The molecule has 2 heterocycles. The Bertz CT molecular complexity index is 1370. The van der Waals surface area contributed by atoms with E-state index < -0.39 is 17.7 Å². The molecule has 1 atom stereocenters. The number of aliphatic hydroxyl groups excluding tert-OH is 1. The van der Waals surface area contributed by atoms with Gasteiger partial charge in [-0.05, 0) is 42.0 Å². The number of Topliss-reactive ketones (excluding diaryl/α,β-unsaturated/α-hetero) is 1. The molecule has 0 bridgehead atoms. The zero-order valence-electron chi connectivity index (χ0n) is 18.0. The fraction of sp³-hybridized carbons (Fsp3) is 0.0357. The molecule has 0 radical (unpaired) electrons. The molecule has 1 N–H and O–H groups in total. The Morgan fingerprint density at radius 2 is 1.47 bits per heavy atom. The number of aromatic nitrogens is 1. The van der Waals surface area contributed by atoms with Gasteiger partial charge in [0.25, 0.3) is 5.78 Å². The van der Waals surface area contributed by atoms with Crippen molar-refractivity contribution in [3.8, 4) is 11.5 Å². The summed E-state index contributed by atoms with van der Waals surface area (Å²) in [5, 5.41) is 11.1. The number of carbonyl (C=O) groups is 2. The van der Waals surface area contributed by atoms with Gasteiger partial charge in [-0.2, -0.15) is 0 Å². The summed E-state index contributed by atoms with van der Waals surface area (Å²) in [7, 11) is 0. The highest BCUT2D eigenvalue weighted by atomic mass is 16.5. The first-order chi connectivity index (χ1) is 16.6. The summed E-state index contributed by atoms with van der Waals surface area (Å²) in [4.78, 5) is 32.0. The minimum atomic E-state index is -0.880. The summed E-state index contributed by atoms with van der Waals surface area (Å²) in [6.45, 7) is 0. The van der Waals surface area contributed by atoms with E-state index in [2.05, 4.69) is 4.98 Å². The van der Waals surface area contributed by atoms with Gasteiger partial charge in [0, 0.05) is 11.8 Å². The third-order valence-electron chi connectivity index (χ3n) is 5.54. The lowest BCUT2D eigenvalue weighted by molar-refractivity contribution is -0.132. The lowest BCUT2D eigenvalue weighted by atomic mass is 9.95. The average Bonchev–Trinajstić information content (AvgIpc) is 3.16. The highest BCUT2D eigenvalue weighted by Gasteiger charge is 2.47.